The van der Waals surface area contributed by atoms with E-state index in [4.69, 9.17) is 34.0 Å². The lowest BCUT2D eigenvalue weighted by Crippen LogP contribution is -2.45. The standard InChI is InChI=1S/C11H10Cl2FN3O4/c12-5-1-4(2-6(13)9(5)14)16-11(21)17-7(10(19)20)3-8(15)18/h1-2,7H,3H2,(H2,15,18)(H,19,20)(H2,16,17,21)/t7-/m0/s1. The highest BCUT2D eigenvalue weighted by molar-refractivity contribution is 6.35. The quantitative estimate of drug-likeness (QED) is 0.609. The van der Waals surface area contributed by atoms with E-state index in [1.54, 1.807) is 0 Å². The molecule has 1 aromatic carbocycles. The minimum absolute atomic E-state index is 0.0483. The van der Waals surface area contributed by atoms with Gasteiger partial charge in [0, 0.05) is 5.69 Å². The first kappa shape index (κ1) is 17.0. The van der Waals surface area contributed by atoms with E-state index in [2.05, 4.69) is 5.32 Å². The lowest BCUT2D eigenvalue weighted by Gasteiger charge is -2.14. The molecule has 0 saturated carbocycles. The summed E-state index contributed by atoms with van der Waals surface area (Å²) in [5, 5.41) is 12.4. The van der Waals surface area contributed by atoms with E-state index in [9.17, 15) is 18.8 Å². The molecule has 0 aliphatic carbocycles. The number of nitrogens with two attached hydrogens (primary N) is 1. The number of urea groups is 1. The van der Waals surface area contributed by atoms with Crippen LogP contribution in [0.2, 0.25) is 10.0 Å². The molecular formula is C11H10Cl2FN3O4. The van der Waals surface area contributed by atoms with Crippen LogP contribution in [0.15, 0.2) is 12.1 Å². The van der Waals surface area contributed by atoms with Crippen molar-refractivity contribution in [1.82, 2.24) is 5.32 Å². The van der Waals surface area contributed by atoms with Crippen molar-refractivity contribution >= 4 is 46.8 Å². The number of carbonyl (C=O) groups is 3. The molecule has 1 aromatic rings. The molecule has 7 nitrogen and oxygen atoms in total. The van der Waals surface area contributed by atoms with Crippen molar-refractivity contribution in [3.05, 3.63) is 28.0 Å². The Hall–Kier alpha value is -2.06. The van der Waals surface area contributed by atoms with Crippen LogP contribution < -0.4 is 16.4 Å². The van der Waals surface area contributed by atoms with E-state index in [0.717, 1.165) is 12.1 Å². The van der Waals surface area contributed by atoms with Crippen LogP contribution in [0.1, 0.15) is 6.42 Å². The number of carboxylic acid groups (broad SMARTS) is 1. The average Bonchev–Trinajstić information content (AvgIpc) is 2.34. The molecule has 0 aliphatic heterocycles. The summed E-state index contributed by atoms with van der Waals surface area (Å²) in [7, 11) is 0. The molecule has 21 heavy (non-hydrogen) atoms. The van der Waals surface area contributed by atoms with Crippen LogP contribution in [0, 0.1) is 5.82 Å². The van der Waals surface area contributed by atoms with Gasteiger partial charge in [-0.25, -0.2) is 14.0 Å². The lowest BCUT2D eigenvalue weighted by atomic mass is 10.2. The fourth-order valence-electron chi connectivity index (χ4n) is 1.35. The highest BCUT2D eigenvalue weighted by Crippen LogP contribution is 2.27. The Kier molecular flexibility index (Phi) is 5.74. The topological polar surface area (TPSA) is 122 Å². The van der Waals surface area contributed by atoms with Gasteiger partial charge in [-0.15, -0.1) is 0 Å². The summed E-state index contributed by atoms with van der Waals surface area (Å²) in [6.45, 7) is 0. The van der Waals surface area contributed by atoms with Gasteiger partial charge in [-0.05, 0) is 12.1 Å². The Balaban J connectivity index is 2.76. The zero-order chi connectivity index (χ0) is 16.2. The third-order valence-corrected chi connectivity index (χ3v) is 2.80. The smallest absolute Gasteiger partial charge is 0.326 e. The summed E-state index contributed by atoms with van der Waals surface area (Å²) in [4.78, 5) is 33.1. The van der Waals surface area contributed by atoms with Crippen molar-refractivity contribution < 1.29 is 23.9 Å². The number of anilines is 1. The highest BCUT2D eigenvalue weighted by Gasteiger charge is 2.22. The number of benzene rings is 1. The number of carbonyl (C=O) groups excluding carboxylic acids is 2. The van der Waals surface area contributed by atoms with Gasteiger partial charge in [0.05, 0.1) is 16.5 Å². The number of carboxylic acids is 1. The molecule has 5 N–H and O–H groups in total. The molecular weight excluding hydrogens is 328 g/mol. The fraction of sp³-hybridized carbons (Fsp3) is 0.182. The van der Waals surface area contributed by atoms with Crippen LogP contribution in [0.4, 0.5) is 14.9 Å². The molecule has 1 rings (SSSR count). The maximum Gasteiger partial charge on any atom is 0.326 e. The molecule has 0 unspecified atom stereocenters. The Bertz CT molecular complexity index is 574. The molecule has 0 spiro atoms. The molecule has 0 heterocycles. The number of amides is 3. The van der Waals surface area contributed by atoms with Crippen molar-refractivity contribution in [2.24, 2.45) is 5.73 Å². The van der Waals surface area contributed by atoms with Gasteiger partial charge >= 0.3 is 12.0 Å². The molecule has 10 heteroatoms. The third kappa shape index (κ3) is 5.09. The monoisotopic (exact) mass is 337 g/mol. The Morgan fingerprint density at radius 1 is 1.29 bits per heavy atom. The number of halogens is 3. The number of nitrogens with one attached hydrogen (secondary N) is 2. The zero-order valence-corrected chi connectivity index (χ0v) is 11.8. The van der Waals surface area contributed by atoms with E-state index < -0.39 is 36.2 Å². The molecule has 0 aliphatic rings. The number of aliphatic carboxylic acids is 1. The normalized spacial score (nSPS) is 11.6. The van der Waals surface area contributed by atoms with E-state index in [1.165, 1.54) is 0 Å². The maximum atomic E-state index is 13.2. The third-order valence-electron chi connectivity index (χ3n) is 2.25. The van der Waals surface area contributed by atoms with Crippen molar-refractivity contribution in [2.45, 2.75) is 12.5 Å². The molecule has 0 aromatic heterocycles. The van der Waals surface area contributed by atoms with Crippen LogP contribution in [-0.4, -0.2) is 29.1 Å². The summed E-state index contributed by atoms with van der Waals surface area (Å²) in [6.07, 6.45) is -0.576. The predicted octanol–water partition coefficient (Wildman–Crippen LogP) is 1.58. The first-order chi connectivity index (χ1) is 9.70. The van der Waals surface area contributed by atoms with Gasteiger partial charge in [-0.1, -0.05) is 23.2 Å². The van der Waals surface area contributed by atoms with Crippen LogP contribution in [0.3, 0.4) is 0 Å². The van der Waals surface area contributed by atoms with Gasteiger partial charge < -0.3 is 21.5 Å². The number of hydrogen-bond donors (Lipinski definition) is 4. The summed E-state index contributed by atoms with van der Waals surface area (Å²) in [6, 6.07) is -0.255. The van der Waals surface area contributed by atoms with Gasteiger partial charge in [0.25, 0.3) is 0 Å². The Morgan fingerprint density at radius 3 is 2.24 bits per heavy atom. The van der Waals surface area contributed by atoms with Crippen molar-refractivity contribution in [3.63, 3.8) is 0 Å². The van der Waals surface area contributed by atoms with Crippen LogP contribution >= 0.6 is 23.2 Å². The van der Waals surface area contributed by atoms with E-state index >= 15 is 0 Å². The summed E-state index contributed by atoms with van der Waals surface area (Å²) in [5.74, 6) is -3.17. The van der Waals surface area contributed by atoms with Crippen LogP contribution in [0.5, 0.6) is 0 Å². The van der Waals surface area contributed by atoms with E-state index in [1.807, 2.05) is 5.32 Å². The maximum absolute atomic E-state index is 13.2. The van der Waals surface area contributed by atoms with Crippen molar-refractivity contribution in [2.75, 3.05) is 5.32 Å². The second-order valence-corrected chi connectivity index (χ2v) is 4.73. The molecule has 0 saturated heterocycles. The van der Waals surface area contributed by atoms with Gasteiger partial charge in [0.15, 0.2) is 5.82 Å². The molecule has 1 atom stereocenters. The van der Waals surface area contributed by atoms with Crippen LogP contribution in [-0.2, 0) is 9.59 Å². The van der Waals surface area contributed by atoms with Gasteiger partial charge in [0.2, 0.25) is 5.91 Å². The second-order valence-electron chi connectivity index (χ2n) is 3.91. The van der Waals surface area contributed by atoms with E-state index in [0.29, 0.717) is 0 Å². The first-order valence-corrected chi connectivity index (χ1v) is 6.19. The molecule has 3 amide bonds. The fourth-order valence-corrected chi connectivity index (χ4v) is 1.84. The van der Waals surface area contributed by atoms with Gasteiger partial charge in [-0.2, -0.15) is 0 Å². The average molecular weight is 338 g/mol. The summed E-state index contributed by atoms with van der Waals surface area (Å²) < 4.78 is 13.2. The molecule has 0 radical (unpaired) electrons. The summed E-state index contributed by atoms with van der Waals surface area (Å²) >= 11 is 11.1. The largest absolute Gasteiger partial charge is 0.480 e. The Labute approximate surface area is 128 Å². The minimum atomic E-state index is -1.49. The van der Waals surface area contributed by atoms with Crippen LogP contribution in [0.25, 0.3) is 0 Å². The molecule has 114 valence electrons. The van der Waals surface area contributed by atoms with Gasteiger partial charge in [0.1, 0.15) is 6.04 Å². The first-order valence-electron chi connectivity index (χ1n) is 5.44. The Morgan fingerprint density at radius 2 is 1.81 bits per heavy atom. The molecule has 0 bridgehead atoms. The van der Waals surface area contributed by atoms with E-state index in [-0.39, 0.29) is 15.7 Å². The predicted molar refractivity (Wildman–Crippen MR) is 73.8 cm³/mol. The highest BCUT2D eigenvalue weighted by atomic mass is 35.5. The number of hydrogen-bond acceptors (Lipinski definition) is 3. The van der Waals surface area contributed by atoms with Crippen molar-refractivity contribution in [3.8, 4) is 0 Å². The van der Waals surface area contributed by atoms with Gasteiger partial charge in [-0.3, -0.25) is 4.79 Å². The summed E-state index contributed by atoms with van der Waals surface area (Å²) in [5.41, 5.74) is 4.91. The minimum Gasteiger partial charge on any atom is -0.480 e. The molecule has 0 fully saturated rings. The zero-order valence-electron chi connectivity index (χ0n) is 10.3. The number of primary amides is 1. The second kappa shape index (κ2) is 7.09. The SMILES string of the molecule is NC(=O)C[C@H](NC(=O)Nc1cc(Cl)c(F)c(Cl)c1)C(=O)O. The lowest BCUT2D eigenvalue weighted by molar-refractivity contribution is -0.140. The number of rotatable bonds is 5. The van der Waals surface area contributed by atoms with Crippen molar-refractivity contribution in [1.29, 1.82) is 0 Å².